The topological polar surface area (TPSA) is 119 Å². The zero-order chi connectivity index (χ0) is 20.2. The minimum absolute atomic E-state index is 0.0291. The van der Waals surface area contributed by atoms with Crippen LogP contribution in [0.25, 0.3) is 11.0 Å². The minimum Gasteiger partial charge on any atom is -0.460 e. The second-order valence-corrected chi connectivity index (χ2v) is 7.38. The van der Waals surface area contributed by atoms with Crippen molar-refractivity contribution in [3.05, 3.63) is 34.2 Å². The number of methoxy groups -OCH3 is 1. The summed E-state index contributed by atoms with van der Waals surface area (Å²) in [5.41, 5.74) is 5.17. The van der Waals surface area contributed by atoms with E-state index in [0.29, 0.717) is 22.3 Å². The predicted molar refractivity (Wildman–Crippen MR) is 97.2 cm³/mol. The lowest BCUT2D eigenvalue weighted by Gasteiger charge is -2.45. The quantitative estimate of drug-likeness (QED) is 0.619. The first-order valence-electron chi connectivity index (χ1n) is 8.79. The van der Waals surface area contributed by atoms with Crippen LogP contribution in [0.1, 0.15) is 19.4 Å². The Labute approximate surface area is 160 Å². The number of carbonyl (C=O) groups excluding carboxylic acids is 1. The number of nitrogen functional groups attached to an aromatic ring is 1. The summed E-state index contributed by atoms with van der Waals surface area (Å²) in [7, 11) is 1.52. The minimum atomic E-state index is -0.936. The molecule has 2 aromatic rings. The fourth-order valence-corrected chi connectivity index (χ4v) is 3.74. The third kappa shape index (κ3) is 2.87. The van der Waals surface area contributed by atoms with E-state index in [1.165, 1.54) is 7.11 Å². The van der Waals surface area contributed by atoms with Gasteiger partial charge in [0.15, 0.2) is 6.10 Å². The SMILES string of the molecule is COC1C2OC(=O)OC2[C@H](Oc2ccc3cc(N)c(=O)oc3c2C)OC1(C)C. The second-order valence-electron chi connectivity index (χ2n) is 7.38. The fourth-order valence-electron chi connectivity index (χ4n) is 3.74. The number of rotatable bonds is 3. The van der Waals surface area contributed by atoms with E-state index < -0.39 is 42.0 Å². The third-order valence-electron chi connectivity index (χ3n) is 5.09. The molecule has 0 bridgehead atoms. The molecule has 2 N–H and O–H groups in total. The van der Waals surface area contributed by atoms with Gasteiger partial charge in [0.1, 0.15) is 23.1 Å². The van der Waals surface area contributed by atoms with Crippen LogP contribution in [-0.2, 0) is 18.9 Å². The third-order valence-corrected chi connectivity index (χ3v) is 5.09. The predicted octanol–water partition coefficient (Wildman–Crippen LogP) is 2.12. The Morgan fingerprint density at radius 3 is 2.57 bits per heavy atom. The first kappa shape index (κ1) is 18.6. The lowest BCUT2D eigenvalue weighted by atomic mass is 9.89. The molecule has 28 heavy (non-hydrogen) atoms. The monoisotopic (exact) mass is 391 g/mol. The Morgan fingerprint density at radius 2 is 1.86 bits per heavy atom. The van der Waals surface area contributed by atoms with Gasteiger partial charge in [-0.2, -0.15) is 0 Å². The van der Waals surface area contributed by atoms with Crippen LogP contribution >= 0.6 is 0 Å². The maximum absolute atomic E-state index is 11.8. The largest absolute Gasteiger partial charge is 0.509 e. The van der Waals surface area contributed by atoms with Gasteiger partial charge < -0.3 is 33.8 Å². The van der Waals surface area contributed by atoms with Crippen LogP contribution in [0, 0.1) is 6.92 Å². The molecule has 1 aromatic heterocycles. The Hall–Kier alpha value is -2.78. The smallest absolute Gasteiger partial charge is 0.460 e. The van der Waals surface area contributed by atoms with E-state index in [0.717, 1.165) is 0 Å². The second kappa shape index (κ2) is 6.39. The van der Waals surface area contributed by atoms with Gasteiger partial charge >= 0.3 is 11.8 Å². The maximum Gasteiger partial charge on any atom is 0.509 e. The molecule has 3 unspecified atom stereocenters. The van der Waals surface area contributed by atoms with E-state index in [1.807, 2.05) is 13.8 Å². The van der Waals surface area contributed by atoms with Gasteiger partial charge in [-0.05, 0) is 39.0 Å². The van der Waals surface area contributed by atoms with Gasteiger partial charge in [-0.25, -0.2) is 9.59 Å². The van der Waals surface area contributed by atoms with E-state index in [1.54, 1.807) is 25.1 Å². The van der Waals surface area contributed by atoms with Crippen molar-refractivity contribution in [1.29, 1.82) is 0 Å². The molecule has 4 rings (SSSR count). The van der Waals surface area contributed by atoms with E-state index >= 15 is 0 Å². The number of benzene rings is 1. The Balaban J connectivity index is 1.70. The molecule has 9 heteroatoms. The average molecular weight is 391 g/mol. The van der Waals surface area contributed by atoms with Crippen LogP contribution in [-0.4, -0.2) is 43.5 Å². The molecular formula is C19H21NO8. The fraction of sp³-hybridized carbons (Fsp3) is 0.474. The molecule has 0 saturated carbocycles. The number of nitrogens with two attached hydrogens (primary N) is 1. The van der Waals surface area contributed by atoms with E-state index in [-0.39, 0.29) is 5.69 Å². The highest BCUT2D eigenvalue weighted by atomic mass is 16.8. The van der Waals surface area contributed by atoms with E-state index in [2.05, 4.69) is 0 Å². The standard InChI is InChI=1S/C19H21NO8/c1-8-11(6-5-9-7-10(20)16(21)25-12(8)9)24-17-14-13(26-18(22)27-14)15(23-4)19(2,3)28-17/h5-7,13-15,17H,20H2,1-4H3/t13?,14?,15?,17-/m1/s1. The number of fused-ring (bicyclic) bond motifs is 2. The molecule has 0 radical (unpaired) electrons. The summed E-state index contributed by atoms with van der Waals surface area (Å²) >= 11 is 0. The summed E-state index contributed by atoms with van der Waals surface area (Å²) in [6.45, 7) is 5.38. The number of hydrogen-bond acceptors (Lipinski definition) is 9. The highest BCUT2D eigenvalue weighted by Gasteiger charge is 2.58. The van der Waals surface area contributed by atoms with Crippen LogP contribution in [0.4, 0.5) is 10.5 Å². The van der Waals surface area contributed by atoms with E-state index in [4.69, 9.17) is 33.8 Å². The summed E-state index contributed by atoms with van der Waals surface area (Å²) < 4.78 is 33.4. The summed E-state index contributed by atoms with van der Waals surface area (Å²) in [5.74, 6) is 0.416. The van der Waals surface area contributed by atoms with Crippen molar-refractivity contribution in [2.45, 2.75) is 51.0 Å². The number of carbonyl (C=O) groups is 1. The lowest BCUT2D eigenvalue weighted by Crippen LogP contribution is -2.62. The summed E-state index contributed by atoms with van der Waals surface area (Å²) in [5, 5.41) is 0.666. The molecule has 2 aliphatic rings. The summed E-state index contributed by atoms with van der Waals surface area (Å²) in [6.07, 6.45) is -3.75. The summed E-state index contributed by atoms with van der Waals surface area (Å²) in [4.78, 5) is 23.5. The van der Waals surface area contributed by atoms with Gasteiger partial charge in [-0.3, -0.25) is 0 Å². The Bertz CT molecular complexity index is 997. The van der Waals surface area contributed by atoms with Gasteiger partial charge in [-0.1, -0.05) is 0 Å². The van der Waals surface area contributed by atoms with Crippen molar-refractivity contribution in [3.63, 3.8) is 0 Å². The van der Waals surface area contributed by atoms with Crippen molar-refractivity contribution >= 4 is 22.8 Å². The zero-order valence-electron chi connectivity index (χ0n) is 15.9. The van der Waals surface area contributed by atoms with Gasteiger partial charge in [0, 0.05) is 18.1 Å². The molecule has 3 heterocycles. The lowest BCUT2D eigenvalue weighted by molar-refractivity contribution is -0.282. The first-order valence-corrected chi connectivity index (χ1v) is 8.79. The van der Waals surface area contributed by atoms with Crippen molar-refractivity contribution in [3.8, 4) is 5.75 Å². The average Bonchev–Trinajstić information content (AvgIpc) is 3.00. The number of aryl methyl sites for hydroxylation is 1. The highest BCUT2D eigenvalue weighted by molar-refractivity contribution is 5.83. The number of ether oxygens (including phenoxy) is 5. The van der Waals surface area contributed by atoms with Gasteiger partial charge in [-0.15, -0.1) is 0 Å². The number of anilines is 1. The molecule has 2 aliphatic heterocycles. The van der Waals surface area contributed by atoms with Crippen LogP contribution in [0.15, 0.2) is 27.4 Å². The molecular weight excluding hydrogens is 370 g/mol. The summed E-state index contributed by atoms with van der Waals surface area (Å²) in [6, 6.07) is 4.98. The van der Waals surface area contributed by atoms with E-state index in [9.17, 15) is 9.59 Å². The molecule has 1 aromatic carbocycles. The molecule has 0 amide bonds. The first-order chi connectivity index (χ1) is 13.2. The van der Waals surface area contributed by atoms with Crippen molar-refractivity contribution in [2.24, 2.45) is 0 Å². The van der Waals surface area contributed by atoms with Crippen molar-refractivity contribution < 1.29 is 32.9 Å². The van der Waals surface area contributed by atoms with Gasteiger partial charge in [0.25, 0.3) is 0 Å². The molecule has 150 valence electrons. The van der Waals surface area contributed by atoms with Crippen LogP contribution < -0.4 is 16.1 Å². The van der Waals surface area contributed by atoms with Gasteiger partial charge in [0.05, 0.1) is 5.60 Å². The maximum atomic E-state index is 11.8. The Morgan fingerprint density at radius 1 is 1.14 bits per heavy atom. The van der Waals surface area contributed by atoms with Gasteiger partial charge in [0.2, 0.25) is 12.4 Å². The molecule has 9 nitrogen and oxygen atoms in total. The molecule has 2 saturated heterocycles. The van der Waals surface area contributed by atoms with Crippen LogP contribution in [0.2, 0.25) is 0 Å². The Kier molecular flexibility index (Phi) is 4.24. The van der Waals surface area contributed by atoms with Crippen LogP contribution in [0.3, 0.4) is 0 Å². The van der Waals surface area contributed by atoms with Crippen LogP contribution in [0.5, 0.6) is 5.75 Å². The highest BCUT2D eigenvalue weighted by Crippen LogP contribution is 2.39. The molecule has 0 spiro atoms. The normalized spacial score (nSPS) is 28.5. The molecule has 2 fully saturated rings. The molecule has 4 atom stereocenters. The van der Waals surface area contributed by atoms with Crippen molar-refractivity contribution in [2.75, 3.05) is 12.8 Å². The van der Waals surface area contributed by atoms with Crippen molar-refractivity contribution in [1.82, 2.24) is 0 Å². The number of hydrogen-bond donors (Lipinski definition) is 1. The molecule has 0 aliphatic carbocycles. The zero-order valence-corrected chi connectivity index (χ0v) is 15.9.